The molecule has 11 heteroatoms. The number of carbonyl (C=O) groups is 1. The van der Waals surface area contributed by atoms with Crippen LogP contribution in [0.1, 0.15) is 0 Å². The van der Waals surface area contributed by atoms with Gasteiger partial charge in [0.2, 0.25) is 21.8 Å². The van der Waals surface area contributed by atoms with Crippen molar-refractivity contribution in [1.29, 1.82) is 0 Å². The number of amides is 1. The van der Waals surface area contributed by atoms with E-state index in [9.17, 15) is 13.2 Å². The molecule has 2 aromatic heterocycles. The van der Waals surface area contributed by atoms with Crippen molar-refractivity contribution in [3.63, 3.8) is 0 Å². The van der Waals surface area contributed by atoms with Gasteiger partial charge in [0.25, 0.3) is 5.22 Å². The van der Waals surface area contributed by atoms with Crippen LogP contribution in [-0.4, -0.2) is 70.6 Å². The minimum Gasteiger partial charge on any atom is -0.411 e. The molecule has 0 unspecified atom stereocenters. The first-order valence-corrected chi connectivity index (χ1v) is 11.7. The molecule has 9 nitrogen and oxygen atoms in total. The summed E-state index contributed by atoms with van der Waals surface area (Å²) in [6.07, 6.45) is 3.27. The van der Waals surface area contributed by atoms with E-state index in [1.54, 1.807) is 53.7 Å². The Kier molecular flexibility index (Phi) is 6.11. The van der Waals surface area contributed by atoms with Crippen molar-refractivity contribution < 1.29 is 17.6 Å². The van der Waals surface area contributed by atoms with Gasteiger partial charge in [-0.1, -0.05) is 30.0 Å². The number of rotatable bonds is 6. The van der Waals surface area contributed by atoms with Gasteiger partial charge in [0.05, 0.1) is 16.2 Å². The topological polar surface area (TPSA) is 109 Å². The van der Waals surface area contributed by atoms with Crippen LogP contribution in [0.15, 0.2) is 69.4 Å². The largest absolute Gasteiger partial charge is 0.411 e. The molecule has 156 valence electrons. The number of benzene rings is 1. The number of thioether (sulfide) groups is 1. The fourth-order valence-electron chi connectivity index (χ4n) is 3.01. The second-order valence-corrected chi connectivity index (χ2v) is 9.37. The molecule has 1 aromatic carbocycles. The summed E-state index contributed by atoms with van der Waals surface area (Å²) in [7, 11) is -3.54. The number of pyridine rings is 1. The molecule has 0 aliphatic carbocycles. The van der Waals surface area contributed by atoms with Crippen LogP contribution in [0.25, 0.3) is 11.5 Å². The monoisotopic (exact) mass is 445 g/mol. The van der Waals surface area contributed by atoms with Crippen molar-refractivity contribution >= 4 is 27.7 Å². The van der Waals surface area contributed by atoms with Crippen molar-refractivity contribution in [2.45, 2.75) is 10.1 Å². The lowest BCUT2D eigenvalue weighted by atomic mass is 10.3. The molecule has 3 aromatic rings. The number of hydrogen-bond acceptors (Lipinski definition) is 8. The van der Waals surface area contributed by atoms with Crippen molar-refractivity contribution in [1.82, 2.24) is 24.4 Å². The molecule has 0 saturated carbocycles. The number of hydrogen-bond donors (Lipinski definition) is 0. The highest BCUT2D eigenvalue weighted by molar-refractivity contribution is 7.99. The van der Waals surface area contributed by atoms with E-state index >= 15 is 0 Å². The molecule has 1 saturated heterocycles. The Morgan fingerprint density at radius 1 is 1.03 bits per heavy atom. The zero-order valence-corrected chi connectivity index (χ0v) is 17.6. The molecule has 30 heavy (non-hydrogen) atoms. The molecule has 4 rings (SSSR count). The SMILES string of the molecule is O=C(CSc1nnc(-c2cccnc2)o1)N1CCN(S(=O)(=O)c2ccccc2)CC1. The van der Waals surface area contributed by atoms with Gasteiger partial charge in [0.15, 0.2) is 0 Å². The maximum Gasteiger partial charge on any atom is 0.277 e. The van der Waals surface area contributed by atoms with E-state index in [0.717, 1.165) is 11.8 Å². The summed E-state index contributed by atoms with van der Waals surface area (Å²) in [4.78, 5) is 18.4. The molecule has 0 N–H and O–H groups in total. The van der Waals surface area contributed by atoms with E-state index in [1.807, 2.05) is 6.07 Å². The molecular weight excluding hydrogens is 426 g/mol. The van der Waals surface area contributed by atoms with Crippen LogP contribution in [0.5, 0.6) is 0 Å². The van der Waals surface area contributed by atoms with Gasteiger partial charge < -0.3 is 9.32 Å². The molecule has 1 aliphatic rings. The van der Waals surface area contributed by atoms with Gasteiger partial charge in [-0.05, 0) is 24.3 Å². The fourth-order valence-corrected chi connectivity index (χ4v) is 5.12. The number of piperazine rings is 1. The smallest absolute Gasteiger partial charge is 0.277 e. The molecule has 0 spiro atoms. The first-order valence-electron chi connectivity index (χ1n) is 9.24. The van der Waals surface area contributed by atoms with Crippen LogP contribution in [0.2, 0.25) is 0 Å². The zero-order chi connectivity index (χ0) is 21.0. The van der Waals surface area contributed by atoms with Crippen LogP contribution in [0, 0.1) is 0 Å². The standard InChI is InChI=1S/C19H19N5O4S2/c25-17(14-29-19-22-21-18(28-19)15-5-4-8-20-13-15)23-9-11-24(12-10-23)30(26,27)16-6-2-1-3-7-16/h1-8,13H,9-12,14H2. The Morgan fingerprint density at radius 3 is 2.50 bits per heavy atom. The summed E-state index contributed by atoms with van der Waals surface area (Å²) < 4.78 is 32.3. The minimum absolute atomic E-state index is 0.0992. The molecular formula is C19H19N5O4S2. The fraction of sp³-hybridized carbons (Fsp3) is 0.263. The maximum atomic E-state index is 12.7. The average Bonchev–Trinajstić information content (AvgIpc) is 3.28. The highest BCUT2D eigenvalue weighted by Gasteiger charge is 2.30. The lowest BCUT2D eigenvalue weighted by molar-refractivity contribution is -0.129. The van der Waals surface area contributed by atoms with Crippen LogP contribution in [-0.2, 0) is 14.8 Å². The molecule has 1 amide bonds. The quantitative estimate of drug-likeness (QED) is 0.528. The first kappa shape index (κ1) is 20.5. The van der Waals surface area contributed by atoms with Gasteiger partial charge >= 0.3 is 0 Å². The van der Waals surface area contributed by atoms with Gasteiger partial charge in [0, 0.05) is 38.6 Å². The van der Waals surface area contributed by atoms with Crippen LogP contribution >= 0.6 is 11.8 Å². The van der Waals surface area contributed by atoms with Crippen molar-refractivity contribution in [2.24, 2.45) is 0 Å². The van der Waals surface area contributed by atoms with E-state index in [0.29, 0.717) is 29.8 Å². The zero-order valence-electron chi connectivity index (χ0n) is 15.9. The van der Waals surface area contributed by atoms with Crippen molar-refractivity contribution in [2.75, 3.05) is 31.9 Å². The summed E-state index contributed by atoms with van der Waals surface area (Å²) >= 11 is 1.16. The third kappa shape index (κ3) is 4.53. The van der Waals surface area contributed by atoms with Crippen molar-refractivity contribution in [3.8, 4) is 11.5 Å². The molecule has 1 aliphatic heterocycles. The van der Waals surface area contributed by atoms with E-state index < -0.39 is 10.0 Å². The Bertz CT molecular complexity index is 1100. The van der Waals surface area contributed by atoms with Crippen molar-refractivity contribution in [3.05, 3.63) is 54.9 Å². The lowest BCUT2D eigenvalue weighted by Crippen LogP contribution is -2.50. The second kappa shape index (κ2) is 8.94. The van der Waals surface area contributed by atoms with E-state index in [1.165, 1.54) is 4.31 Å². The average molecular weight is 446 g/mol. The van der Waals surface area contributed by atoms with Gasteiger partial charge in [-0.15, -0.1) is 10.2 Å². The summed E-state index contributed by atoms with van der Waals surface area (Å²) in [5.41, 5.74) is 0.707. The maximum absolute atomic E-state index is 12.7. The number of nitrogens with zero attached hydrogens (tertiary/aromatic N) is 5. The number of aromatic nitrogens is 3. The Labute approximate surface area is 178 Å². The Morgan fingerprint density at radius 2 is 1.80 bits per heavy atom. The molecule has 0 bridgehead atoms. The second-order valence-electron chi connectivity index (χ2n) is 6.50. The predicted molar refractivity (Wildman–Crippen MR) is 110 cm³/mol. The molecule has 3 heterocycles. The Balaban J connectivity index is 1.29. The molecule has 1 fully saturated rings. The highest BCUT2D eigenvalue weighted by atomic mass is 32.2. The normalized spacial score (nSPS) is 15.3. The number of sulfonamides is 1. The van der Waals surface area contributed by atoms with Gasteiger partial charge in [-0.3, -0.25) is 9.78 Å². The Hall–Kier alpha value is -2.76. The van der Waals surface area contributed by atoms with Gasteiger partial charge in [-0.25, -0.2) is 8.42 Å². The summed E-state index contributed by atoms with van der Waals surface area (Å²) in [5.74, 6) is 0.385. The molecule has 0 atom stereocenters. The predicted octanol–water partition coefficient (Wildman–Crippen LogP) is 1.76. The van der Waals surface area contributed by atoms with E-state index in [-0.39, 0.29) is 29.6 Å². The summed E-state index contributed by atoms with van der Waals surface area (Å²) in [6.45, 7) is 1.21. The summed E-state index contributed by atoms with van der Waals surface area (Å²) in [5, 5.41) is 8.21. The van der Waals surface area contributed by atoms with E-state index in [4.69, 9.17) is 4.42 Å². The van der Waals surface area contributed by atoms with Crippen LogP contribution < -0.4 is 0 Å². The first-order chi connectivity index (χ1) is 14.5. The van der Waals surface area contributed by atoms with Crippen LogP contribution in [0.3, 0.4) is 0 Å². The third-order valence-electron chi connectivity index (χ3n) is 4.61. The van der Waals surface area contributed by atoms with Gasteiger partial charge in [-0.2, -0.15) is 4.31 Å². The lowest BCUT2D eigenvalue weighted by Gasteiger charge is -2.33. The highest BCUT2D eigenvalue weighted by Crippen LogP contribution is 2.23. The minimum atomic E-state index is -3.54. The summed E-state index contributed by atoms with van der Waals surface area (Å²) in [6, 6.07) is 11.9. The third-order valence-corrected chi connectivity index (χ3v) is 7.32. The van der Waals surface area contributed by atoms with E-state index in [2.05, 4.69) is 15.2 Å². The van der Waals surface area contributed by atoms with Gasteiger partial charge in [0.1, 0.15) is 0 Å². The molecule has 0 radical (unpaired) electrons. The number of carbonyl (C=O) groups excluding carboxylic acids is 1. The van der Waals surface area contributed by atoms with Crippen LogP contribution in [0.4, 0.5) is 0 Å².